The smallest absolute Gasteiger partial charge is 0.269 e. The zero-order valence-electron chi connectivity index (χ0n) is 10.8. The van der Waals surface area contributed by atoms with Gasteiger partial charge in [-0.1, -0.05) is 24.3 Å². The first-order valence-corrected chi connectivity index (χ1v) is 7.54. The highest BCUT2D eigenvalue weighted by Gasteiger charge is 2.09. The number of carbonyl (C=O) groups excluding carboxylic acids is 1. The van der Waals surface area contributed by atoms with Gasteiger partial charge in [0.05, 0.1) is 0 Å². The summed E-state index contributed by atoms with van der Waals surface area (Å²) in [4.78, 5) is 16.1. The van der Waals surface area contributed by atoms with E-state index in [9.17, 15) is 4.79 Å². The van der Waals surface area contributed by atoms with Crippen LogP contribution in [0, 0.1) is 0 Å². The van der Waals surface area contributed by atoms with Gasteiger partial charge in [0.1, 0.15) is 11.5 Å². The summed E-state index contributed by atoms with van der Waals surface area (Å²) in [6, 6.07) is 9.43. The predicted molar refractivity (Wildman–Crippen MR) is 81.5 cm³/mol. The van der Waals surface area contributed by atoms with E-state index < -0.39 is 0 Å². The van der Waals surface area contributed by atoms with Gasteiger partial charge in [-0.3, -0.25) is 4.79 Å². The summed E-state index contributed by atoms with van der Waals surface area (Å²) < 4.78 is 0. The Kier molecular flexibility index (Phi) is 4.63. The number of aromatic nitrogens is 1. The Hall–Kier alpha value is -1.75. The summed E-state index contributed by atoms with van der Waals surface area (Å²) >= 11 is 1.77. The number of pyridine rings is 1. The maximum atomic E-state index is 12.0. The third-order valence-corrected chi connectivity index (χ3v) is 3.51. The summed E-state index contributed by atoms with van der Waals surface area (Å²) in [5, 5.41) is 4.67. The average Bonchev–Trinajstić information content (AvgIpc) is 2.43. The molecule has 1 aromatic heterocycles. The number of anilines is 1. The predicted octanol–water partition coefficient (Wildman–Crippen LogP) is 2.30. The van der Waals surface area contributed by atoms with Crippen molar-refractivity contribution in [2.24, 2.45) is 0 Å². The summed E-state index contributed by atoms with van der Waals surface area (Å²) in [7, 11) is 0. The molecule has 0 fully saturated rings. The van der Waals surface area contributed by atoms with Gasteiger partial charge in [-0.15, -0.1) is 0 Å². The number of nitrogens with one attached hydrogen (secondary N) is 1. The van der Waals surface area contributed by atoms with Crippen LogP contribution in [0.1, 0.15) is 16.9 Å². The lowest BCUT2D eigenvalue weighted by Crippen LogP contribution is -2.26. The third kappa shape index (κ3) is 3.38. The summed E-state index contributed by atoms with van der Waals surface area (Å²) in [5.41, 5.74) is 6.25. The van der Waals surface area contributed by atoms with E-state index in [1.54, 1.807) is 17.8 Å². The Morgan fingerprint density at radius 1 is 1.42 bits per heavy atom. The number of hydrogen-bond donors (Lipinski definition) is 2. The van der Waals surface area contributed by atoms with Gasteiger partial charge in [-0.2, -0.15) is 11.8 Å². The molecule has 1 heterocycles. The van der Waals surface area contributed by atoms with E-state index >= 15 is 0 Å². The quantitative estimate of drug-likeness (QED) is 0.822. The highest BCUT2D eigenvalue weighted by molar-refractivity contribution is 7.98. The van der Waals surface area contributed by atoms with Crippen LogP contribution in [0.25, 0.3) is 10.8 Å². The van der Waals surface area contributed by atoms with Gasteiger partial charge < -0.3 is 11.1 Å². The van der Waals surface area contributed by atoms with Crippen LogP contribution in [0.4, 0.5) is 5.82 Å². The molecule has 0 radical (unpaired) electrons. The van der Waals surface area contributed by atoms with Gasteiger partial charge in [0, 0.05) is 11.9 Å². The van der Waals surface area contributed by atoms with Crippen molar-refractivity contribution in [1.82, 2.24) is 10.3 Å². The monoisotopic (exact) mass is 275 g/mol. The standard InChI is InChI=1S/C14H17N3OS/c1-19-8-4-7-16-14(18)12-9-10-5-2-3-6-11(10)13(15)17-12/h2-3,5-6,9H,4,7-8H2,1H3,(H2,15,17)(H,16,18). The van der Waals surface area contributed by atoms with Gasteiger partial charge in [-0.05, 0) is 29.9 Å². The molecule has 0 aliphatic rings. The molecule has 0 atom stereocenters. The molecule has 0 unspecified atom stereocenters. The van der Waals surface area contributed by atoms with Crippen LogP contribution in [0.5, 0.6) is 0 Å². The van der Waals surface area contributed by atoms with Crippen molar-refractivity contribution in [2.45, 2.75) is 6.42 Å². The van der Waals surface area contributed by atoms with E-state index in [2.05, 4.69) is 10.3 Å². The van der Waals surface area contributed by atoms with Crippen molar-refractivity contribution >= 4 is 34.3 Å². The normalized spacial score (nSPS) is 10.6. The highest BCUT2D eigenvalue weighted by Crippen LogP contribution is 2.19. The first-order valence-electron chi connectivity index (χ1n) is 6.15. The Balaban J connectivity index is 2.14. The Morgan fingerprint density at radius 3 is 3.00 bits per heavy atom. The number of amides is 1. The molecule has 0 saturated carbocycles. The second kappa shape index (κ2) is 6.43. The largest absolute Gasteiger partial charge is 0.383 e. The number of nitrogens with two attached hydrogens (primary N) is 1. The van der Waals surface area contributed by atoms with Crippen molar-refractivity contribution in [3.63, 3.8) is 0 Å². The van der Waals surface area contributed by atoms with E-state index in [-0.39, 0.29) is 5.91 Å². The third-order valence-electron chi connectivity index (χ3n) is 2.81. The van der Waals surface area contributed by atoms with Crippen molar-refractivity contribution in [3.05, 3.63) is 36.0 Å². The van der Waals surface area contributed by atoms with Crippen molar-refractivity contribution in [3.8, 4) is 0 Å². The maximum absolute atomic E-state index is 12.0. The van der Waals surface area contributed by atoms with Crippen molar-refractivity contribution in [1.29, 1.82) is 0 Å². The lowest BCUT2D eigenvalue weighted by atomic mass is 10.1. The van der Waals surface area contributed by atoms with Gasteiger partial charge in [0.2, 0.25) is 0 Å². The number of hydrogen-bond acceptors (Lipinski definition) is 4. The van der Waals surface area contributed by atoms with Gasteiger partial charge in [-0.25, -0.2) is 4.98 Å². The lowest BCUT2D eigenvalue weighted by molar-refractivity contribution is 0.0949. The van der Waals surface area contributed by atoms with Crippen molar-refractivity contribution < 1.29 is 4.79 Å². The van der Waals surface area contributed by atoms with Crippen LogP contribution in [-0.2, 0) is 0 Å². The average molecular weight is 275 g/mol. The van der Waals surface area contributed by atoms with Crippen LogP contribution >= 0.6 is 11.8 Å². The fourth-order valence-electron chi connectivity index (χ4n) is 1.85. The number of fused-ring (bicyclic) bond motifs is 1. The first-order chi connectivity index (χ1) is 9.22. The molecule has 0 saturated heterocycles. The molecule has 100 valence electrons. The summed E-state index contributed by atoms with van der Waals surface area (Å²) in [6.45, 7) is 0.661. The van der Waals surface area contributed by atoms with Gasteiger partial charge >= 0.3 is 0 Å². The zero-order chi connectivity index (χ0) is 13.7. The number of nitrogens with zero attached hydrogens (tertiary/aromatic N) is 1. The fourth-order valence-corrected chi connectivity index (χ4v) is 2.28. The minimum absolute atomic E-state index is 0.168. The number of carbonyl (C=O) groups is 1. The van der Waals surface area contributed by atoms with Crippen LogP contribution in [0.3, 0.4) is 0 Å². The molecule has 1 amide bonds. The topological polar surface area (TPSA) is 68.0 Å². The second-order valence-electron chi connectivity index (χ2n) is 4.22. The number of thioether (sulfide) groups is 1. The highest BCUT2D eigenvalue weighted by atomic mass is 32.2. The molecule has 0 bridgehead atoms. The van der Waals surface area contributed by atoms with Crippen LogP contribution < -0.4 is 11.1 Å². The Morgan fingerprint density at radius 2 is 2.21 bits per heavy atom. The molecule has 3 N–H and O–H groups in total. The maximum Gasteiger partial charge on any atom is 0.269 e. The molecular weight excluding hydrogens is 258 g/mol. The van der Waals surface area contributed by atoms with Crippen LogP contribution in [-0.4, -0.2) is 29.4 Å². The van der Waals surface area contributed by atoms with Gasteiger partial charge in [0.15, 0.2) is 0 Å². The first kappa shape index (κ1) is 13.7. The fraction of sp³-hybridized carbons (Fsp3) is 0.286. The molecule has 0 spiro atoms. The molecule has 5 heteroatoms. The van der Waals surface area contributed by atoms with Crippen molar-refractivity contribution in [2.75, 3.05) is 24.3 Å². The number of benzene rings is 1. The number of rotatable bonds is 5. The Labute approximate surface area is 116 Å². The molecule has 0 aliphatic carbocycles. The van der Waals surface area contributed by atoms with E-state index in [1.807, 2.05) is 30.5 Å². The Bertz CT molecular complexity index is 586. The van der Waals surface area contributed by atoms with Gasteiger partial charge in [0.25, 0.3) is 5.91 Å². The van der Waals surface area contributed by atoms with Crippen LogP contribution in [0.2, 0.25) is 0 Å². The molecule has 0 aliphatic heterocycles. The van der Waals surface area contributed by atoms with E-state index in [1.165, 1.54) is 0 Å². The second-order valence-corrected chi connectivity index (χ2v) is 5.20. The van der Waals surface area contributed by atoms with E-state index in [0.29, 0.717) is 18.1 Å². The minimum atomic E-state index is -0.168. The summed E-state index contributed by atoms with van der Waals surface area (Å²) in [5.74, 6) is 1.26. The molecule has 2 aromatic rings. The molecular formula is C14H17N3OS. The van der Waals surface area contributed by atoms with Crippen LogP contribution in [0.15, 0.2) is 30.3 Å². The minimum Gasteiger partial charge on any atom is -0.383 e. The molecule has 4 nitrogen and oxygen atoms in total. The molecule has 1 aromatic carbocycles. The zero-order valence-corrected chi connectivity index (χ0v) is 11.7. The van der Waals surface area contributed by atoms with E-state index in [4.69, 9.17) is 5.73 Å². The van der Waals surface area contributed by atoms with E-state index in [0.717, 1.165) is 22.9 Å². The molecule has 19 heavy (non-hydrogen) atoms. The lowest BCUT2D eigenvalue weighted by Gasteiger charge is -2.07. The molecule has 2 rings (SSSR count). The number of nitrogen functional groups attached to an aromatic ring is 1. The SMILES string of the molecule is CSCCCNC(=O)c1cc2ccccc2c(N)n1. The summed E-state index contributed by atoms with van der Waals surface area (Å²) in [6.07, 6.45) is 3.00.